The number of fused-ring (bicyclic) bond motifs is 3. The molecule has 1 N–H and O–H groups in total. The lowest BCUT2D eigenvalue weighted by molar-refractivity contribution is -0.122. The molecule has 8 heteroatoms. The fourth-order valence-electron chi connectivity index (χ4n) is 4.62. The van der Waals surface area contributed by atoms with Crippen LogP contribution in [-0.4, -0.2) is 52.8 Å². The molecule has 3 aromatic rings. The lowest BCUT2D eigenvalue weighted by atomic mass is 9.93. The van der Waals surface area contributed by atoms with Crippen LogP contribution in [0.15, 0.2) is 40.9 Å². The number of nitrogens with zero attached hydrogens (tertiary/aromatic N) is 3. The molecule has 2 aliphatic rings. The number of furan rings is 1. The fraction of sp³-hybridized carbons (Fsp3) is 0.400. The van der Waals surface area contributed by atoms with Crippen molar-refractivity contribution in [1.82, 2.24) is 20.0 Å². The summed E-state index contributed by atoms with van der Waals surface area (Å²) in [7, 11) is 0. The smallest absolute Gasteiger partial charge is 0.290 e. The molecule has 1 aliphatic carbocycles. The van der Waals surface area contributed by atoms with Crippen LogP contribution in [-0.2, 0) is 28.9 Å². The van der Waals surface area contributed by atoms with E-state index in [4.69, 9.17) is 14.3 Å². The normalized spacial score (nSPS) is 16.1. The number of benzene rings is 1. The first-order valence-corrected chi connectivity index (χ1v) is 11.4. The first kappa shape index (κ1) is 21.5. The lowest BCUT2D eigenvalue weighted by Gasteiger charge is -2.26. The van der Waals surface area contributed by atoms with Gasteiger partial charge in [-0.3, -0.25) is 14.3 Å². The molecule has 0 radical (unpaired) electrons. The Bertz CT molecular complexity index is 1170. The van der Waals surface area contributed by atoms with E-state index < -0.39 is 0 Å². The van der Waals surface area contributed by atoms with Crippen LogP contribution in [0.4, 0.5) is 0 Å². The van der Waals surface area contributed by atoms with Crippen LogP contribution in [0, 0.1) is 6.92 Å². The van der Waals surface area contributed by atoms with Crippen LogP contribution in [0.1, 0.15) is 46.0 Å². The minimum Gasteiger partial charge on any atom is -0.455 e. The summed E-state index contributed by atoms with van der Waals surface area (Å²) in [6.45, 7) is 6.25. The van der Waals surface area contributed by atoms with Crippen molar-refractivity contribution in [3.63, 3.8) is 0 Å². The Balaban J connectivity index is 1.33. The molecule has 0 unspecified atom stereocenters. The van der Waals surface area contributed by atoms with Gasteiger partial charge >= 0.3 is 0 Å². The molecule has 1 fully saturated rings. The molecule has 1 saturated heterocycles. The Morgan fingerprint density at radius 1 is 1.15 bits per heavy atom. The molecule has 1 atom stereocenters. The minimum atomic E-state index is -0.0986. The molecule has 1 aliphatic heterocycles. The number of aromatic nitrogens is 2. The quantitative estimate of drug-likeness (QED) is 0.648. The van der Waals surface area contributed by atoms with Gasteiger partial charge in [0.05, 0.1) is 24.9 Å². The largest absolute Gasteiger partial charge is 0.455 e. The van der Waals surface area contributed by atoms with Crippen molar-refractivity contribution in [3.05, 3.63) is 64.7 Å². The van der Waals surface area contributed by atoms with Crippen molar-refractivity contribution in [2.24, 2.45) is 0 Å². The Labute approximate surface area is 192 Å². The van der Waals surface area contributed by atoms with Crippen LogP contribution in [0.25, 0.3) is 11.3 Å². The molecule has 2 aromatic heterocycles. The number of hydrogen-bond acceptors (Lipinski definition) is 5. The van der Waals surface area contributed by atoms with Gasteiger partial charge in [0, 0.05) is 36.8 Å². The highest BCUT2D eigenvalue weighted by Gasteiger charge is 2.32. The number of rotatable bonds is 5. The zero-order valence-electron chi connectivity index (χ0n) is 19.0. The van der Waals surface area contributed by atoms with Crippen molar-refractivity contribution >= 4 is 11.8 Å². The van der Waals surface area contributed by atoms with Gasteiger partial charge in [-0.25, -0.2) is 0 Å². The van der Waals surface area contributed by atoms with Gasteiger partial charge in [0.1, 0.15) is 12.3 Å². The predicted octanol–water partition coefficient (Wildman–Crippen LogP) is 2.90. The first-order valence-electron chi connectivity index (χ1n) is 11.4. The van der Waals surface area contributed by atoms with Crippen LogP contribution < -0.4 is 5.32 Å². The Morgan fingerprint density at radius 2 is 1.91 bits per heavy atom. The van der Waals surface area contributed by atoms with E-state index in [9.17, 15) is 9.59 Å². The maximum atomic E-state index is 13.0. The van der Waals surface area contributed by atoms with Crippen molar-refractivity contribution in [2.45, 2.75) is 39.3 Å². The second-order valence-corrected chi connectivity index (χ2v) is 8.66. The van der Waals surface area contributed by atoms with Crippen LogP contribution >= 0.6 is 0 Å². The number of amides is 2. The van der Waals surface area contributed by atoms with Gasteiger partial charge < -0.3 is 19.4 Å². The number of nitrogens with one attached hydrogen (secondary N) is 1. The Kier molecular flexibility index (Phi) is 5.76. The van der Waals surface area contributed by atoms with Crippen molar-refractivity contribution < 1.29 is 18.7 Å². The SMILES string of the molecule is Cc1c(C(=O)N2CCOCC2)oc2c1-c1nn(CC(=O)N[C@@H](C)c3ccccc3)cc1CC2. The molecule has 0 saturated carbocycles. The van der Waals surface area contributed by atoms with Crippen molar-refractivity contribution in [1.29, 1.82) is 0 Å². The number of carbonyl (C=O) groups is 2. The van der Waals surface area contributed by atoms with Crippen LogP contribution in [0.2, 0.25) is 0 Å². The highest BCUT2D eigenvalue weighted by atomic mass is 16.5. The van der Waals surface area contributed by atoms with Gasteiger partial charge in [0.25, 0.3) is 5.91 Å². The van der Waals surface area contributed by atoms with Gasteiger partial charge in [-0.2, -0.15) is 5.10 Å². The summed E-state index contributed by atoms with van der Waals surface area (Å²) in [5.41, 5.74) is 4.64. The second-order valence-electron chi connectivity index (χ2n) is 8.66. The van der Waals surface area contributed by atoms with Gasteiger partial charge in [0.15, 0.2) is 5.76 Å². The van der Waals surface area contributed by atoms with E-state index in [1.165, 1.54) is 0 Å². The molecule has 0 bridgehead atoms. The molecule has 172 valence electrons. The standard InChI is InChI=1S/C25H28N4O4/c1-16-22-20(33-24(16)25(31)28-10-12-32-13-11-28)9-8-19-14-29(27-23(19)22)15-21(30)26-17(2)18-6-4-3-5-7-18/h3-7,14,17H,8-13,15H2,1-2H3,(H,26,30)/t17-/m0/s1. The maximum absolute atomic E-state index is 13.0. The average molecular weight is 449 g/mol. The molecule has 8 nitrogen and oxygen atoms in total. The summed E-state index contributed by atoms with van der Waals surface area (Å²) in [6, 6.07) is 9.79. The van der Waals surface area contributed by atoms with Crippen LogP contribution in [0.3, 0.4) is 0 Å². The molecule has 3 heterocycles. The third-order valence-corrected chi connectivity index (χ3v) is 6.39. The highest BCUT2D eigenvalue weighted by Crippen LogP contribution is 2.38. The predicted molar refractivity (Wildman–Crippen MR) is 122 cm³/mol. The average Bonchev–Trinajstić information content (AvgIpc) is 3.39. The van der Waals surface area contributed by atoms with Gasteiger partial charge in [-0.1, -0.05) is 30.3 Å². The highest BCUT2D eigenvalue weighted by molar-refractivity contribution is 5.95. The zero-order chi connectivity index (χ0) is 22.9. The number of morpholine rings is 1. The van der Waals surface area contributed by atoms with Gasteiger partial charge in [0.2, 0.25) is 5.91 Å². The lowest BCUT2D eigenvalue weighted by Crippen LogP contribution is -2.40. The summed E-state index contributed by atoms with van der Waals surface area (Å²) in [6.07, 6.45) is 3.41. The summed E-state index contributed by atoms with van der Waals surface area (Å²) >= 11 is 0. The molecule has 2 amide bonds. The molecular formula is C25H28N4O4. The molecule has 1 aromatic carbocycles. The monoisotopic (exact) mass is 448 g/mol. The van der Waals surface area contributed by atoms with Crippen LogP contribution in [0.5, 0.6) is 0 Å². The van der Waals surface area contributed by atoms with E-state index in [0.717, 1.165) is 40.1 Å². The molecule has 33 heavy (non-hydrogen) atoms. The third-order valence-electron chi connectivity index (χ3n) is 6.39. The van der Waals surface area contributed by atoms with E-state index in [0.29, 0.717) is 38.5 Å². The summed E-state index contributed by atoms with van der Waals surface area (Å²) in [5.74, 6) is 0.988. The first-order chi connectivity index (χ1) is 16.0. The Morgan fingerprint density at radius 3 is 2.67 bits per heavy atom. The summed E-state index contributed by atoms with van der Waals surface area (Å²) < 4.78 is 13.1. The molecule has 5 rings (SSSR count). The van der Waals surface area contributed by atoms with E-state index in [2.05, 4.69) is 5.32 Å². The second kappa shape index (κ2) is 8.86. The van der Waals surface area contributed by atoms with E-state index in [-0.39, 0.29) is 24.4 Å². The Hall–Kier alpha value is -3.39. The number of ether oxygens (including phenoxy) is 1. The van der Waals surface area contributed by atoms with E-state index in [1.54, 1.807) is 9.58 Å². The van der Waals surface area contributed by atoms with E-state index >= 15 is 0 Å². The third kappa shape index (κ3) is 4.18. The minimum absolute atomic E-state index is 0.0830. The number of hydrogen-bond donors (Lipinski definition) is 1. The van der Waals surface area contributed by atoms with Crippen molar-refractivity contribution in [3.8, 4) is 11.3 Å². The van der Waals surface area contributed by atoms with Gasteiger partial charge in [-0.05, 0) is 31.4 Å². The number of carbonyl (C=O) groups excluding carboxylic acids is 2. The molecular weight excluding hydrogens is 420 g/mol. The zero-order valence-corrected chi connectivity index (χ0v) is 19.0. The summed E-state index contributed by atoms with van der Waals surface area (Å²) in [4.78, 5) is 27.4. The number of aryl methyl sites for hydroxylation is 2. The summed E-state index contributed by atoms with van der Waals surface area (Å²) in [5, 5.41) is 7.74. The maximum Gasteiger partial charge on any atom is 0.290 e. The van der Waals surface area contributed by atoms with Crippen molar-refractivity contribution in [2.75, 3.05) is 26.3 Å². The molecule has 0 spiro atoms. The fourth-order valence-corrected chi connectivity index (χ4v) is 4.62. The van der Waals surface area contributed by atoms with E-state index in [1.807, 2.05) is 50.4 Å². The van der Waals surface area contributed by atoms with Gasteiger partial charge in [-0.15, -0.1) is 0 Å². The topological polar surface area (TPSA) is 89.6 Å².